The molecule has 0 aromatic heterocycles. The molecule has 3 N–H and O–H groups in total. The maximum absolute atomic E-state index is 11.4. The molecule has 1 aromatic rings. The molecule has 1 aromatic carbocycles. The van der Waals surface area contributed by atoms with Gasteiger partial charge in [-0.25, -0.2) is 0 Å². The van der Waals surface area contributed by atoms with Crippen LogP contribution in [0.4, 0.5) is 11.4 Å². The molecule has 0 spiro atoms. The summed E-state index contributed by atoms with van der Waals surface area (Å²) in [6.45, 7) is 4.39. The highest BCUT2D eigenvalue weighted by atomic mass is 16.2. The topological polar surface area (TPSA) is 75.4 Å². The number of hydrogen-bond donors (Lipinski definition) is 2. The van der Waals surface area contributed by atoms with Gasteiger partial charge in [0, 0.05) is 30.5 Å². The summed E-state index contributed by atoms with van der Waals surface area (Å²) < 4.78 is 0. The van der Waals surface area contributed by atoms with E-state index in [9.17, 15) is 9.59 Å². The van der Waals surface area contributed by atoms with Crippen molar-refractivity contribution in [2.24, 2.45) is 0 Å². The average molecular weight is 249 g/mol. The molecule has 0 saturated carbocycles. The predicted molar refractivity (Wildman–Crippen MR) is 72.8 cm³/mol. The zero-order chi connectivity index (χ0) is 13.7. The first-order valence-corrected chi connectivity index (χ1v) is 5.85. The number of rotatable bonds is 5. The Labute approximate surface area is 107 Å². The maximum Gasteiger partial charge on any atom is 0.239 e. The molecule has 0 aliphatic carbocycles. The third-order valence-electron chi connectivity index (χ3n) is 2.77. The van der Waals surface area contributed by atoms with Crippen molar-refractivity contribution in [3.63, 3.8) is 0 Å². The standard InChI is InChI=1S/C13H19N3O2/c1-4-16(8-13(18)15-3)10-5-6-11(9(2)17)12(14)7-10/h5-7H,4,8,14H2,1-3H3,(H,15,18). The molecule has 1 amide bonds. The van der Waals surface area contributed by atoms with Crippen LogP contribution in [0.5, 0.6) is 0 Å². The minimum Gasteiger partial charge on any atom is -0.398 e. The highest BCUT2D eigenvalue weighted by molar-refractivity contribution is 5.99. The Morgan fingerprint density at radius 1 is 1.39 bits per heavy atom. The minimum atomic E-state index is -0.0638. The normalized spacial score (nSPS) is 9.94. The van der Waals surface area contributed by atoms with Crippen LogP contribution in [-0.2, 0) is 4.79 Å². The zero-order valence-corrected chi connectivity index (χ0v) is 11.0. The minimum absolute atomic E-state index is 0.0617. The fourth-order valence-electron chi connectivity index (χ4n) is 1.71. The summed E-state index contributed by atoms with van der Waals surface area (Å²) in [5, 5.41) is 2.58. The molecule has 0 aliphatic rings. The summed E-state index contributed by atoms with van der Waals surface area (Å²) in [6, 6.07) is 5.22. The summed E-state index contributed by atoms with van der Waals surface area (Å²) in [5.74, 6) is -0.125. The van der Waals surface area contributed by atoms with E-state index >= 15 is 0 Å². The first kappa shape index (κ1) is 14.0. The molecule has 5 nitrogen and oxygen atoms in total. The van der Waals surface area contributed by atoms with E-state index in [0.717, 1.165) is 5.69 Å². The van der Waals surface area contributed by atoms with E-state index in [1.807, 2.05) is 11.8 Å². The number of hydrogen-bond acceptors (Lipinski definition) is 4. The van der Waals surface area contributed by atoms with Crippen molar-refractivity contribution in [1.82, 2.24) is 5.32 Å². The molecule has 1 rings (SSSR count). The van der Waals surface area contributed by atoms with Crippen LogP contribution < -0.4 is 16.0 Å². The number of anilines is 2. The molecule has 0 bridgehead atoms. The van der Waals surface area contributed by atoms with Crippen molar-refractivity contribution < 1.29 is 9.59 Å². The number of Topliss-reactive ketones (excluding diaryl/α,β-unsaturated/α-hetero) is 1. The third kappa shape index (κ3) is 3.23. The number of likely N-dealkylation sites (N-methyl/N-ethyl adjacent to an activating group) is 2. The molecule has 0 aliphatic heterocycles. The molecule has 0 fully saturated rings. The molecular weight excluding hydrogens is 230 g/mol. The highest BCUT2D eigenvalue weighted by Gasteiger charge is 2.11. The van der Waals surface area contributed by atoms with Crippen LogP contribution in [0, 0.1) is 0 Å². The van der Waals surface area contributed by atoms with Crippen LogP contribution in [-0.4, -0.2) is 31.8 Å². The van der Waals surface area contributed by atoms with E-state index in [0.29, 0.717) is 17.8 Å². The lowest BCUT2D eigenvalue weighted by atomic mass is 10.1. The summed E-state index contributed by atoms with van der Waals surface area (Å²) in [5.41, 5.74) is 7.62. The second kappa shape index (κ2) is 6.05. The number of nitrogens with zero attached hydrogens (tertiary/aromatic N) is 1. The van der Waals surface area contributed by atoms with E-state index in [-0.39, 0.29) is 18.2 Å². The molecule has 0 saturated heterocycles. The fraction of sp³-hybridized carbons (Fsp3) is 0.385. The van der Waals surface area contributed by atoms with Gasteiger partial charge in [0.1, 0.15) is 0 Å². The van der Waals surface area contributed by atoms with E-state index in [1.54, 1.807) is 25.2 Å². The molecule has 18 heavy (non-hydrogen) atoms. The van der Waals surface area contributed by atoms with Crippen LogP contribution in [0.2, 0.25) is 0 Å². The summed E-state index contributed by atoms with van der Waals surface area (Å²) in [7, 11) is 1.60. The van der Waals surface area contributed by atoms with Gasteiger partial charge in [0.05, 0.1) is 6.54 Å². The van der Waals surface area contributed by atoms with Gasteiger partial charge in [-0.2, -0.15) is 0 Å². The molecule has 0 atom stereocenters. The number of nitrogens with two attached hydrogens (primary N) is 1. The largest absolute Gasteiger partial charge is 0.398 e. The second-order valence-corrected chi connectivity index (χ2v) is 4.02. The molecular formula is C13H19N3O2. The van der Waals surface area contributed by atoms with Crippen molar-refractivity contribution in [2.45, 2.75) is 13.8 Å². The lowest BCUT2D eigenvalue weighted by Gasteiger charge is -2.22. The Morgan fingerprint density at radius 3 is 2.50 bits per heavy atom. The Bertz CT molecular complexity index is 458. The van der Waals surface area contributed by atoms with Crippen molar-refractivity contribution in [2.75, 3.05) is 30.8 Å². The lowest BCUT2D eigenvalue weighted by Crippen LogP contribution is -2.35. The number of carbonyl (C=O) groups is 2. The van der Waals surface area contributed by atoms with E-state index < -0.39 is 0 Å². The maximum atomic E-state index is 11.4. The van der Waals surface area contributed by atoms with Gasteiger partial charge < -0.3 is 16.0 Å². The number of benzene rings is 1. The molecule has 5 heteroatoms. The van der Waals surface area contributed by atoms with Crippen LogP contribution in [0.1, 0.15) is 24.2 Å². The number of carbonyl (C=O) groups excluding carboxylic acids is 2. The van der Waals surface area contributed by atoms with Crippen molar-refractivity contribution in [1.29, 1.82) is 0 Å². The van der Waals surface area contributed by atoms with Crippen LogP contribution in [0.15, 0.2) is 18.2 Å². The lowest BCUT2D eigenvalue weighted by molar-refractivity contribution is -0.119. The van der Waals surface area contributed by atoms with E-state index in [2.05, 4.69) is 5.32 Å². The summed E-state index contributed by atoms with van der Waals surface area (Å²) >= 11 is 0. The Balaban J connectivity index is 2.97. The quantitative estimate of drug-likeness (QED) is 0.604. The Morgan fingerprint density at radius 2 is 2.06 bits per heavy atom. The number of nitrogens with one attached hydrogen (secondary N) is 1. The smallest absolute Gasteiger partial charge is 0.239 e. The zero-order valence-electron chi connectivity index (χ0n) is 11.0. The van der Waals surface area contributed by atoms with Gasteiger partial charge in [0.25, 0.3) is 0 Å². The molecule has 0 radical (unpaired) electrons. The van der Waals surface area contributed by atoms with Gasteiger partial charge in [-0.3, -0.25) is 9.59 Å². The van der Waals surface area contributed by atoms with Gasteiger partial charge in [-0.05, 0) is 32.0 Å². The molecule has 0 unspecified atom stereocenters. The third-order valence-corrected chi connectivity index (χ3v) is 2.77. The number of nitrogen functional groups attached to an aromatic ring is 1. The van der Waals surface area contributed by atoms with Crippen LogP contribution in [0.25, 0.3) is 0 Å². The summed E-state index contributed by atoms with van der Waals surface area (Å²) in [6.07, 6.45) is 0. The van der Waals surface area contributed by atoms with Gasteiger partial charge >= 0.3 is 0 Å². The fourth-order valence-corrected chi connectivity index (χ4v) is 1.71. The first-order valence-electron chi connectivity index (χ1n) is 5.85. The van der Waals surface area contributed by atoms with E-state index in [1.165, 1.54) is 6.92 Å². The molecule has 98 valence electrons. The van der Waals surface area contributed by atoms with E-state index in [4.69, 9.17) is 5.73 Å². The van der Waals surface area contributed by atoms with Gasteiger partial charge in [-0.1, -0.05) is 0 Å². The Kier molecular flexibility index (Phi) is 4.71. The number of ketones is 1. The van der Waals surface area contributed by atoms with Gasteiger partial charge in [0.15, 0.2) is 5.78 Å². The highest BCUT2D eigenvalue weighted by Crippen LogP contribution is 2.21. The van der Waals surface area contributed by atoms with Crippen molar-refractivity contribution in [3.8, 4) is 0 Å². The molecule has 0 heterocycles. The van der Waals surface area contributed by atoms with Gasteiger partial charge in [0.2, 0.25) is 5.91 Å². The van der Waals surface area contributed by atoms with Crippen LogP contribution >= 0.6 is 0 Å². The summed E-state index contributed by atoms with van der Waals surface area (Å²) in [4.78, 5) is 24.5. The average Bonchev–Trinajstić information content (AvgIpc) is 2.34. The monoisotopic (exact) mass is 249 g/mol. The number of amides is 1. The predicted octanol–water partition coefficient (Wildman–Crippen LogP) is 1.04. The Hall–Kier alpha value is -2.04. The SMILES string of the molecule is CCN(CC(=O)NC)c1ccc(C(C)=O)c(N)c1. The first-order chi connectivity index (χ1) is 8.49. The van der Waals surface area contributed by atoms with Crippen molar-refractivity contribution in [3.05, 3.63) is 23.8 Å². The van der Waals surface area contributed by atoms with Gasteiger partial charge in [-0.15, -0.1) is 0 Å². The second-order valence-electron chi connectivity index (χ2n) is 4.02. The van der Waals surface area contributed by atoms with Crippen molar-refractivity contribution >= 4 is 23.1 Å². The van der Waals surface area contributed by atoms with Crippen LogP contribution in [0.3, 0.4) is 0 Å².